The molecule has 0 spiro atoms. The molecule has 3 N–H and O–H groups in total. The Morgan fingerprint density at radius 2 is 1.81 bits per heavy atom. The molecule has 0 unspecified atom stereocenters. The molecule has 0 aromatic heterocycles. The first kappa shape index (κ1) is 22.1. The topological polar surface area (TPSA) is 99.2 Å². The summed E-state index contributed by atoms with van der Waals surface area (Å²) in [6.45, 7) is 1.90. The van der Waals surface area contributed by atoms with Crippen molar-refractivity contribution in [3.8, 4) is 0 Å². The van der Waals surface area contributed by atoms with Gasteiger partial charge in [-0.3, -0.25) is 9.59 Å². The summed E-state index contributed by atoms with van der Waals surface area (Å²) in [5.74, 6) is -0.569. The Hall–Kier alpha value is -1.24. The lowest BCUT2D eigenvalue weighted by molar-refractivity contribution is -0.137. The molecule has 0 radical (unpaired) electrons. The highest BCUT2D eigenvalue weighted by molar-refractivity contribution is 5.99. The van der Waals surface area contributed by atoms with Crippen molar-refractivity contribution in [2.45, 2.75) is 101 Å². The van der Waals surface area contributed by atoms with Gasteiger partial charge in [0.1, 0.15) is 12.2 Å². The van der Waals surface area contributed by atoms with E-state index in [4.69, 9.17) is 4.74 Å². The molecule has 1 aliphatic heterocycles. The molecule has 2 rings (SSSR count). The fraction of sp³-hybridized carbons (Fsp3) is 0.810. The molecular weight excluding hydrogens is 346 g/mol. The van der Waals surface area contributed by atoms with Gasteiger partial charge < -0.3 is 20.3 Å². The van der Waals surface area contributed by atoms with E-state index in [2.05, 4.69) is 12.2 Å². The van der Waals surface area contributed by atoms with Gasteiger partial charge in [0.2, 0.25) is 5.91 Å². The van der Waals surface area contributed by atoms with E-state index < -0.39 is 23.5 Å². The van der Waals surface area contributed by atoms with Crippen LogP contribution in [0, 0.1) is 0 Å². The van der Waals surface area contributed by atoms with Crippen molar-refractivity contribution in [3.05, 3.63) is 12.2 Å². The van der Waals surface area contributed by atoms with E-state index in [9.17, 15) is 19.8 Å². The summed E-state index contributed by atoms with van der Waals surface area (Å²) in [7, 11) is 0. The number of nitrogens with one attached hydrogen (secondary N) is 1. The SMILES string of the molecule is CCCCCCCCCCCC(=O)N[C@H](CO)C[C@@]1(O)C(=O)C=C[C@@H]2O[C@@H]21. The maximum atomic E-state index is 12.1. The normalized spacial score (nSPS) is 27.3. The number of carbonyl (C=O) groups is 2. The van der Waals surface area contributed by atoms with Crippen LogP contribution in [0.25, 0.3) is 0 Å². The van der Waals surface area contributed by atoms with Crippen molar-refractivity contribution in [2.24, 2.45) is 0 Å². The van der Waals surface area contributed by atoms with Gasteiger partial charge in [0.15, 0.2) is 11.4 Å². The van der Waals surface area contributed by atoms with E-state index >= 15 is 0 Å². The van der Waals surface area contributed by atoms with E-state index in [0.717, 1.165) is 19.3 Å². The summed E-state index contributed by atoms with van der Waals surface area (Å²) in [4.78, 5) is 24.1. The Kier molecular flexibility index (Phi) is 8.93. The van der Waals surface area contributed by atoms with Crippen LogP contribution in [0.1, 0.15) is 77.6 Å². The Balaban J connectivity index is 1.60. The summed E-state index contributed by atoms with van der Waals surface area (Å²) in [5.41, 5.74) is -1.65. The lowest BCUT2D eigenvalue weighted by Crippen LogP contribution is -2.52. The maximum absolute atomic E-state index is 12.1. The minimum absolute atomic E-state index is 0.0304. The number of hydrogen-bond acceptors (Lipinski definition) is 5. The molecule has 6 heteroatoms. The molecule has 0 bridgehead atoms. The second kappa shape index (κ2) is 10.9. The van der Waals surface area contributed by atoms with Gasteiger partial charge in [-0.05, 0) is 18.6 Å². The molecule has 2 aliphatic rings. The quantitative estimate of drug-likeness (QED) is 0.317. The zero-order valence-electron chi connectivity index (χ0n) is 16.5. The molecule has 0 saturated carbocycles. The first-order chi connectivity index (χ1) is 13.0. The molecule has 1 heterocycles. The fourth-order valence-corrected chi connectivity index (χ4v) is 3.77. The van der Waals surface area contributed by atoms with Crippen molar-refractivity contribution in [3.63, 3.8) is 0 Å². The predicted molar refractivity (Wildman–Crippen MR) is 103 cm³/mol. The fourth-order valence-electron chi connectivity index (χ4n) is 3.77. The van der Waals surface area contributed by atoms with Crippen LogP contribution in [-0.4, -0.2) is 52.4 Å². The number of epoxide rings is 1. The Morgan fingerprint density at radius 3 is 2.44 bits per heavy atom. The van der Waals surface area contributed by atoms with E-state index in [-0.39, 0.29) is 25.0 Å². The van der Waals surface area contributed by atoms with Crippen LogP contribution in [0.3, 0.4) is 0 Å². The zero-order chi connectivity index (χ0) is 19.7. The zero-order valence-corrected chi connectivity index (χ0v) is 16.5. The lowest BCUT2D eigenvalue weighted by Gasteiger charge is -2.29. The summed E-state index contributed by atoms with van der Waals surface area (Å²) >= 11 is 0. The maximum Gasteiger partial charge on any atom is 0.220 e. The molecule has 27 heavy (non-hydrogen) atoms. The Morgan fingerprint density at radius 1 is 1.19 bits per heavy atom. The molecule has 1 fully saturated rings. The van der Waals surface area contributed by atoms with Gasteiger partial charge in [-0.25, -0.2) is 0 Å². The van der Waals surface area contributed by atoms with Crippen LogP contribution in [0.5, 0.6) is 0 Å². The Labute approximate surface area is 162 Å². The van der Waals surface area contributed by atoms with Gasteiger partial charge in [-0.15, -0.1) is 0 Å². The van der Waals surface area contributed by atoms with Crippen molar-refractivity contribution in [1.82, 2.24) is 5.32 Å². The Bertz CT molecular complexity index is 521. The van der Waals surface area contributed by atoms with Crippen LogP contribution in [0.15, 0.2) is 12.2 Å². The number of rotatable bonds is 14. The van der Waals surface area contributed by atoms with Gasteiger partial charge in [0.05, 0.1) is 12.6 Å². The number of aliphatic hydroxyl groups excluding tert-OH is 1. The molecule has 1 aliphatic carbocycles. The number of unbranched alkanes of at least 4 members (excludes halogenated alkanes) is 8. The summed E-state index contributed by atoms with van der Waals surface area (Å²) in [5, 5.41) is 22.9. The molecule has 1 amide bonds. The third-order valence-electron chi connectivity index (χ3n) is 5.51. The van der Waals surface area contributed by atoms with Crippen molar-refractivity contribution in [2.75, 3.05) is 6.61 Å². The van der Waals surface area contributed by atoms with Crippen LogP contribution < -0.4 is 5.32 Å². The number of ether oxygens (including phenoxy) is 1. The number of aliphatic hydroxyl groups is 2. The van der Waals surface area contributed by atoms with Gasteiger partial charge in [-0.1, -0.05) is 58.3 Å². The molecule has 4 atom stereocenters. The first-order valence-corrected chi connectivity index (χ1v) is 10.5. The van der Waals surface area contributed by atoms with Crippen LogP contribution in [-0.2, 0) is 14.3 Å². The van der Waals surface area contributed by atoms with E-state index in [1.165, 1.54) is 44.6 Å². The van der Waals surface area contributed by atoms with Gasteiger partial charge in [-0.2, -0.15) is 0 Å². The standard InChI is InChI=1S/C21H35NO5/c1-2-3-4-5-6-7-8-9-10-11-19(25)22-16(15-23)14-21(26)18(24)13-12-17-20(21)27-17/h12-13,16-17,20,23,26H,2-11,14-15H2,1H3,(H,22,25)/t16-,17-,20-,21+/m0/s1. The number of amides is 1. The first-order valence-electron chi connectivity index (χ1n) is 10.5. The van der Waals surface area contributed by atoms with Crippen molar-refractivity contribution >= 4 is 11.7 Å². The third kappa shape index (κ3) is 6.70. The van der Waals surface area contributed by atoms with Crippen molar-refractivity contribution in [1.29, 1.82) is 0 Å². The largest absolute Gasteiger partial charge is 0.394 e. The second-order valence-electron chi connectivity index (χ2n) is 7.90. The van der Waals surface area contributed by atoms with Gasteiger partial charge >= 0.3 is 0 Å². The molecule has 1 saturated heterocycles. The number of ketones is 1. The summed E-state index contributed by atoms with van der Waals surface area (Å²) in [6, 6.07) is -0.652. The second-order valence-corrected chi connectivity index (χ2v) is 7.90. The lowest BCUT2D eigenvalue weighted by atomic mass is 9.82. The molecule has 0 aromatic carbocycles. The third-order valence-corrected chi connectivity index (χ3v) is 5.51. The molecule has 6 nitrogen and oxygen atoms in total. The van der Waals surface area contributed by atoms with Crippen molar-refractivity contribution < 1.29 is 24.5 Å². The van der Waals surface area contributed by atoms with E-state index in [1.54, 1.807) is 6.08 Å². The highest BCUT2D eigenvalue weighted by Crippen LogP contribution is 2.40. The molecule has 154 valence electrons. The minimum Gasteiger partial charge on any atom is -0.394 e. The highest BCUT2D eigenvalue weighted by Gasteiger charge is 2.59. The average molecular weight is 382 g/mol. The highest BCUT2D eigenvalue weighted by atomic mass is 16.6. The van der Waals surface area contributed by atoms with Crippen LogP contribution in [0.4, 0.5) is 0 Å². The van der Waals surface area contributed by atoms with E-state index in [1.807, 2.05) is 0 Å². The average Bonchev–Trinajstić information content (AvgIpc) is 3.44. The van der Waals surface area contributed by atoms with Crippen LogP contribution in [0.2, 0.25) is 0 Å². The summed E-state index contributed by atoms with van der Waals surface area (Å²) < 4.78 is 5.30. The summed E-state index contributed by atoms with van der Waals surface area (Å²) in [6.07, 6.45) is 13.2. The molecule has 0 aromatic rings. The number of carbonyl (C=O) groups excluding carboxylic acids is 2. The minimum atomic E-state index is -1.65. The van der Waals surface area contributed by atoms with Gasteiger partial charge in [0.25, 0.3) is 0 Å². The predicted octanol–water partition coefficient (Wildman–Crippen LogP) is 2.41. The number of fused-ring (bicyclic) bond motifs is 1. The van der Waals surface area contributed by atoms with Gasteiger partial charge in [0, 0.05) is 12.8 Å². The smallest absolute Gasteiger partial charge is 0.220 e. The van der Waals surface area contributed by atoms with E-state index in [0.29, 0.717) is 6.42 Å². The molecular formula is C21H35NO5. The number of hydrogen-bond donors (Lipinski definition) is 3. The monoisotopic (exact) mass is 381 g/mol. The van der Waals surface area contributed by atoms with Crippen LogP contribution >= 0.6 is 0 Å².